The zero-order valence-electron chi connectivity index (χ0n) is 15.5. The molecule has 0 radical (unpaired) electrons. The molecular weight excluding hydrogens is 364 g/mol. The molecule has 9 heteroatoms. The van der Waals surface area contributed by atoms with Crippen molar-refractivity contribution in [3.8, 4) is 0 Å². The lowest BCUT2D eigenvalue weighted by Crippen LogP contribution is -3.00. The third kappa shape index (κ3) is 11.1. The van der Waals surface area contributed by atoms with Crippen molar-refractivity contribution in [1.82, 2.24) is 4.57 Å². The molecule has 0 aliphatic carbocycles. The highest BCUT2D eigenvalue weighted by Gasteiger charge is 2.14. The van der Waals surface area contributed by atoms with Gasteiger partial charge in [-0.2, -0.15) is 0 Å². The van der Waals surface area contributed by atoms with Gasteiger partial charge in [0.2, 0.25) is 6.33 Å². The number of aryl methyl sites for hydroxylation is 1. The molecule has 0 bridgehead atoms. The predicted molar refractivity (Wildman–Crippen MR) is 89.4 cm³/mol. The standard InChI is InChI=1S/C17H31N2O6.ClH/c1-18-2-3-19(16-18)14-17-15-24-11-10-22-7-6-20-4-5-21-8-9-23-12-13-25-17;/h2-3,16-17H,4-15H2,1H3;1H/q+1;/p-1. The molecule has 0 N–H and O–H groups in total. The Morgan fingerprint density at radius 3 is 1.81 bits per heavy atom. The molecule has 1 aromatic heterocycles. The quantitative estimate of drug-likeness (QED) is 0.492. The molecule has 0 aromatic carbocycles. The van der Waals surface area contributed by atoms with Gasteiger partial charge in [-0.1, -0.05) is 0 Å². The smallest absolute Gasteiger partial charge is 0.243 e. The third-order valence-electron chi connectivity index (χ3n) is 3.61. The van der Waals surface area contributed by atoms with Crippen LogP contribution in [-0.4, -0.2) is 83.3 Å². The number of nitrogens with zero attached hydrogens (tertiary/aromatic N) is 2. The summed E-state index contributed by atoms with van der Waals surface area (Å²) in [7, 11) is 1.99. The second kappa shape index (κ2) is 15.3. The summed E-state index contributed by atoms with van der Waals surface area (Å²) in [6.07, 6.45) is 6.01. The number of halogens is 1. The molecule has 1 unspecified atom stereocenters. The fraction of sp³-hybridized carbons (Fsp3) is 0.824. The molecule has 1 fully saturated rings. The number of ether oxygens (including phenoxy) is 6. The summed E-state index contributed by atoms with van der Waals surface area (Å²) >= 11 is 0. The van der Waals surface area contributed by atoms with Gasteiger partial charge in [-0.3, -0.25) is 0 Å². The molecule has 2 heterocycles. The van der Waals surface area contributed by atoms with Crippen molar-refractivity contribution in [1.29, 1.82) is 0 Å². The van der Waals surface area contributed by atoms with Crippen LogP contribution < -0.4 is 17.0 Å². The molecule has 1 aliphatic rings. The molecule has 8 nitrogen and oxygen atoms in total. The first-order valence-electron chi connectivity index (χ1n) is 8.86. The summed E-state index contributed by atoms with van der Waals surface area (Å²) < 4.78 is 37.5. The molecular formula is C17H31ClN2O6. The van der Waals surface area contributed by atoms with Gasteiger partial charge in [-0.25, -0.2) is 9.13 Å². The Balaban J connectivity index is 0.00000338. The van der Waals surface area contributed by atoms with Crippen LogP contribution in [0.4, 0.5) is 0 Å². The number of imidazole rings is 1. The first-order valence-corrected chi connectivity index (χ1v) is 8.86. The maximum atomic E-state index is 5.92. The van der Waals surface area contributed by atoms with Gasteiger partial charge in [0, 0.05) is 0 Å². The van der Waals surface area contributed by atoms with Gasteiger partial charge < -0.3 is 40.8 Å². The van der Waals surface area contributed by atoms with Crippen molar-refractivity contribution < 1.29 is 45.4 Å². The van der Waals surface area contributed by atoms with Crippen molar-refractivity contribution in [3.63, 3.8) is 0 Å². The summed E-state index contributed by atoms with van der Waals surface area (Å²) in [6, 6.07) is 0. The van der Waals surface area contributed by atoms with Gasteiger partial charge >= 0.3 is 0 Å². The van der Waals surface area contributed by atoms with Crippen molar-refractivity contribution in [2.24, 2.45) is 7.05 Å². The molecule has 1 aromatic rings. The molecule has 1 saturated heterocycles. The maximum absolute atomic E-state index is 5.92. The van der Waals surface area contributed by atoms with Gasteiger partial charge in [0.05, 0.1) is 79.7 Å². The molecule has 26 heavy (non-hydrogen) atoms. The van der Waals surface area contributed by atoms with Crippen LogP contribution in [0.25, 0.3) is 0 Å². The highest BCUT2D eigenvalue weighted by atomic mass is 35.5. The summed E-state index contributed by atoms with van der Waals surface area (Å²) in [5, 5.41) is 0. The first kappa shape index (κ1) is 23.3. The monoisotopic (exact) mass is 394 g/mol. The summed E-state index contributed by atoms with van der Waals surface area (Å²) in [5.74, 6) is 0. The van der Waals surface area contributed by atoms with E-state index in [-0.39, 0.29) is 18.5 Å². The van der Waals surface area contributed by atoms with Crippen molar-refractivity contribution in [3.05, 3.63) is 18.7 Å². The van der Waals surface area contributed by atoms with Gasteiger partial charge in [-0.05, 0) is 0 Å². The number of aromatic nitrogens is 2. The zero-order chi connectivity index (χ0) is 17.6. The minimum atomic E-state index is -0.0329. The molecule has 0 amide bonds. The van der Waals surface area contributed by atoms with Crippen LogP contribution in [0.2, 0.25) is 0 Å². The van der Waals surface area contributed by atoms with Crippen LogP contribution in [0.3, 0.4) is 0 Å². The maximum Gasteiger partial charge on any atom is 0.243 e. The molecule has 1 atom stereocenters. The lowest BCUT2D eigenvalue weighted by molar-refractivity contribution is -0.671. The fourth-order valence-electron chi connectivity index (χ4n) is 2.37. The topological polar surface area (TPSA) is 64.2 Å². The van der Waals surface area contributed by atoms with E-state index in [2.05, 4.69) is 4.57 Å². The average molecular weight is 395 g/mol. The van der Waals surface area contributed by atoms with E-state index in [1.807, 2.05) is 30.3 Å². The zero-order valence-corrected chi connectivity index (χ0v) is 16.3. The van der Waals surface area contributed by atoms with Gasteiger partial charge in [0.25, 0.3) is 0 Å². The highest BCUT2D eigenvalue weighted by Crippen LogP contribution is 2.00. The molecule has 0 saturated carbocycles. The SMILES string of the molecule is C[n+]1ccn(CC2COCCOCCOCCOCCOCCO2)c1.[Cl-]. The van der Waals surface area contributed by atoms with E-state index in [9.17, 15) is 0 Å². The largest absolute Gasteiger partial charge is 1.00 e. The van der Waals surface area contributed by atoms with Crippen LogP contribution in [0.1, 0.15) is 0 Å². The molecule has 0 spiro atoms. The van der Waals surface area contributed by atoms with Crippen molar-refractivity contribution in [2.75, 3.05) is 72.7 Å². The lowest BCUT2D eigenvalue weighted by atomic mass is 10.3. The van der Waals surface area contributed by atoms with Crippen LogP contribution in [0.15, 0.2) is 18.7 Å². The number of hydrogen-bond donors (Lipinski definition) is 0. The fourth-order valence-corrected chi connectivity index (χ4v) is 2.37. The third-order valence-corrected chi connectivity index (χ3v) is 3.61. The summed E-state index contributed by atoms with van der Waals surface area (Å²) in [4.78, 5) is 0. The van der Waals surface area contributed by atoms with E-state index < -0.39 is 0 Å². The highest BCUT2D eigenvalue weighted by molar-refractivity contribution is 4.69. The Hall–Kier alpha value is -0.740. The minimum absolute atomic E-state index is 0. The second-order valence-corrected chi connectivity index (χ2v) is 5.79. The Morgan fingerprint density at radius 2 is 1.31 bits per heavy atom. The second-order valence-electron chi connectivity index (χ2n) is 5.79. The van der Waals surface area contributed by atoms with Gasteiger partial charge in [-0.15, -0.1) is 0 Å². The number of rotatable bonds is 2. The van der Waals surface area contributed by atoms with E-state index in [0.29, 0.717) is 72.7 Å². The Morgan fingerprint density at radius 1 is 0.808 bits per heavy atom. The van der Waals surface area contributed by atoms with E-state index >= 15 is 0 Å². The minimum Gasteiger partial charge on any atom is -1.00 e. The first-order chi connectivity index (χ1) is 12.3. The van der Waals surface area contributed by atoms with Gasteiger partial charge in [0.15, 0.2) is 0 Å². The Kier molecular flexibility index (Phi) is 13.7. The number of hydrogen-bond acceptors (Lipinski definition) is 6. The van der Waals surface area contributed by atoms with Gasteiger partial charge in [0.1, 0.15) is 25.0 Å². The van der Waals surface area contributed by atoms with E-state index in [1.54, 1.807) is 0 Å². The molecule has 1 aliphatic heterocycles. The van der Waals surface area contributed by atoms with E-state index in [0.717, 1.165) is 6.54 Å². The van der Waals surface area contributed by atoms with E-state index in [1.165, 1.54) is 0 Å². The van der Waals surface area contributed by atoms with Crippen LogP contribution >= 0.6 is 0 Å². The van der Waals surface area contributed by atoms with Crippen LogP contribution in [0, 0.1) is 0 Å². The summed E-state index contributed by atoms with van der Waals surface area (Å²) in [6.45, 7) is 6.80. The van der Waals surface area contributed by atoms with Crippen LogP contribution in [-0.2, 0) is 42.0 Å². The average Bonchev–Trinajstić information content (AvgIpc) is 3.01. The Labute approximate surface area is 161 Å². The summed E-state index contributed by atoms with van der Waals surface area (Å²) in [5.41, 5.74) is 0. The molecule has 2 rings (SSSR count). The predicted octanol–water partition coefficient (Wildman–Crippen LogP) is -3.20. The van der Waals surface area contributed by atoms with Crippen molar-refractivity contribution >= 4 is 0 Å². The van der Waals surface area contributed by atoms with Crippen LogP contribution in [0.5, 0.6) is 0 Å². The van der Waals surface area contributed by atoms with E-state index in [4.69, 9.17) is 28.4 Å². The molecule has 152 valence electrons. The Bertz CT molecular complexity index is 431. The lowest BCUT2D eigenvalue weighted by Gasteiger charge is -2.17. The van der Waals surface area contributed by atoms with Crippen molar-refractivity contribution in [2.45, 2.75) is 12.6 Å². The normalized spacial score (nSPS) is 22.7.